The molecule has 0 aromatic heterocycles. The van der Waals surface area contributed by atoms with Gasteiger partial charge in [-0.25, -0.2) is 4.79 Å². The van der Waals surface area contributed by atoms with Gasteiger partial charge < -0.3 is 15.6 Å². The predicted molar refractivity (Wildman–Crippen MR) is 76.1 cm³/mol. The number of unbranched alkanes of at least 4 members (excludes halogenated alkanes) is 1. The molecule has 1 rings (SSSR count). The molecule has 0 aliphatic heterocycles. The van der Waals surface area contributed by atoms with Crippen LogP contribution >= 0.6 is 0 Å². The molecule has 0 radical (unpaired) electrons. The lowest BCUT2D eigenvalue weighted by Crippen LogP contribution is -2.14. The van der Waals surface area contributed by atoms with Crippen molar-refractivity contribution in [2.24, 2.45) is 5.92 Å². The molecule has 0 heterocycles. The number of carbonyl (C=O) groups is 1. The van der Waals surface area contributed by atoms with Crippen LogP contribution in [-0.4, -0.2) is 17.7 Å². The summed E-state index contributed by atoms with van der Waals surface area (Å²) in [6.45, 7) is 4.70. The smallest absolute Gasteiger partial charge is 0.338 e. The van der Waals surface area contributed by atoms with Crippen molar-refractivity contribution in [3.8, 4) is 5.75 Å². The highest BCUT2D eigenvalue weighted by Crippen LogP contribution is 2.21. The zero-order valence-electron chi connectivity index (χ0n) is 11.7. The maximum Gasteiger partial charge on any atom is 0.338 e. The van der Waals surface area contributed by atoms with E-state index in [-0.39, 0.29) is 17.4 Å². The third-order valence-corrected chi connectivity index (χ3v) is 3.26. The molecule has 0 amide bonds. The minimum Gasteiger partial charge on any atom is -0.506 e. The van der Waals surface area contributed by atoms with Crippen LogP contribution in [0.25, 0.3) is 0 Å². The van der Waals surface area contributed by atoms with Gasteiger partial charge in [-0.15, -0.1) is 0 Å². The van der Waals surface area contributed by atoms with Gasteiger partial charge in [-0.3, -0.25) is 0 Å². The molecule has 4 heteroatoms. The summed E-state index contributed by atoms with van der Waals surface area (Å²) in [5.41, 5.74) is 6.11. The van der Waals surface area contributed by atoms with E-state index in [4.69, 9.17) is 10.5 Å². The average Bonchev–Trinajstić information content (AvgIpc) is 2.41. The van der Waals surface area contributed by atoms with E-state index in [1.807, 2.05) is 0 Å². The molecule has 1 aromatic rings. The first-order valence-electron chi connectivity index (χ1n) is 6.84. The quantitative estimate of drug-likeness (QED) is 0.450. The summed E-state index contributed by atoms with van der Waals surface area (Å²) in [6, 6.07) is 4.35. The van der Waals surface area contributed by atoms with Gasteiger partial charge in [0, 0.05) is 0 Å². The van der Waals surface area contributed by atoms with Gasteiger partial charge in [0.15, 0.2) is 0 Å². The lowest BCUT2D eigenvalue weighted by Gasteiger charge is -2.14. The number of phenols is 1. The predicted octanol–water partition coefficient (Wildman–Crippen LogP) is 3.35. The van der Waals surface area contributed by atoms with Crippen LogP contribution in [0.15, 0.2) is 18.2 Å². The molecule has 19 heavy (non-hydrogen) atoms. The molecule has 0 bridgehead atoms. The number of rotatable bonds is 7. The first-order valence-corrected chi connectivity index (χ1v) is 6.84. The molecule has 3 N–H and O–H groups in total. The number of ether oxygens (including phenoxy) is 1. The highest BCUT2D eigenvalue weighted by molar-refractivity contribution is 5.90. The van der Waals surface area contributed by atoms with E-state index in [9.17, 15) is 9.90 Å². The number of hydrogen-bond donors (Lipinski definition) is 2. The second kappa shape index (κ2) is 7.67. The summed E-state index contributed by atoms with van der Waals surface area (Å²) in [5, 5.41) is 9.30. The Bertz CT molecular complexity index is 418. The fourth-order valence-electron chi connectivity index (χ4n) is 1.86. The van der Waals surface area contributed by atoms with Crippen molar-refractivity contribution in [3.63, 3.8) is 0 Å². The van der Waals surface area contributed by atoms with Crippen molar-refractivity contribution in [2.45, 2.75) is 39.5 Å². The number of anilines is 1. The highest BCUT2D eigenvalue weighted by Gasteiger charge is 2.12. The van der Waals surface area contributed by atoms with Crippen LogP contribution in [0.4, 0.5) is 5.69 Å². The molecule has 4 nitrogen and oxygen atoms in total. The Morgan fingerprint density at radius 3 is 2.74 bits per heavy atom. The van der Waals surface area contributed by atoms with E-state index < -0.39 is 0 Å². The maximum atomic E-state index is 11.8. The molecule has 0 aliphatic carbocycles. The minimum atomic E-state index is -0.387. The Hall–Kier alpha value is -1.71. The van der Waals surface area contributed by atoms with E-state index in [0.717, 1.165) is 25.7 Å². The summed E-state index contributed by atoms with van der Waals surface area (Å²) in [4.78, 5) is 11.8. The summed E-state index contributed by atoms with van der Waals surface area (Å²) < 4.78 is 5.30. The number of hydrogen-bond acceptors (Lipinski definition) is 4. The van der Waals surface area contributed by atoms with Gasteiger partial charge >= 0.3 is 5.97 Å². The summed E-state index contributed by atoms with van der Waals surface area (Å²) >= 11 is 0. The SMILES string of the molecule is CCCCC(CC)COC(=O)c1ccc(O)c(N)c1. The van der Waals surface area contributed by atoms with Crippen LogP contribution in [0.3, 0.4) is 0 Å². The van der Waals surface area contributed by atoms with Crippen LogP contribution in [0, 0.1) is 5.92 Å². The number of benzene rings is 1. The Morgan fingerprint density at radius 1 is 1.42 bits per heavy atom. The second-order valence-electron chi connectivity index (χ2n) is 4.79. The van der Waals surface area contributed by atoms with Crippen molar-refractivity contribution >= 4 is 11.7 Å². The first kappa shape index (κ1) is 15.3. The molecular formula is C15H23NO3. The molecule has 1 unspecified atom stereocenters. The number of nitrogen functional groups attached to an aromatic ring is 1. The molecule has 0 saturated heterocycles. The summed E-state index contributed by atoms with van der Waals surface area (Å²) in [6.07, 6.45) is 4.39. The monoisotopic (exact) mass is 265 g/mol. The number of aromatic hydroxyl groups is 1. The molecule has 106 valence electrons. The fourth-order valence-corrected chi connectivity index (χ4v) is 1.86. The Labute approximate surface area is 114 Å². The van der Waals surface area contributed by atoms with Gasteiger partial charge in [0.1, 0.15) is 5.75 Å². The van der Waals surface area contributed by atoms with Crippen molar-refractivity contribution in [3.05, 3.63) is 23.8 Å². The van der Waals surface area contributed by atoms with Crippen LogP contribution < -0.4 is 5.73 Å². The number of esters is 1. The first-order chi connectivity index (χ1) is 9.08. The van der Waals surface area contributed by atoms with E-state index in [0.29, 0.717) is 18.1 Å². The molecule has 1 atom stereocenters. The summed E-state index contributed by atoms with van der Waals surface area (Å²) in [5.74, 6) is 0.00550. The van der Waals surface area contributed by atoms with Gasteiger partial charge in [0.2, 0.25) is 0 Å². The Morgan fingerprint density at radius 2 is 2.16 bits per heavy atom. The van der Waals surface area contributed by atoms with E-state index in [2.05, 4.69) is 13.8 Å². The van der Waals surface area contributed by atoms with Gasteiger partial charge in [0.25, 0.3) is 0 Å². The van der Waals surface area contributed by atoms with Crippen molar-refractivity contribution in [1.29, 1.82) is 0 Å². The maximum absolute atomic E-state index is 11.8. The van der Waals surface area contributed by atoms with Gasteiger partial charge in [-0.2, -0.15) is 0 Å². The number of phenolic OH excluding ortho intramolecular Hbond substituents is 1. The van der Waals surface area contributed by atoms with Crippen LogP contribution in [-0.2, 0) is 4.74 Å². The van der Waals surface area contributed by atoms with E-state index in [1.165, 1.54) is 18.2 Å². The normalized spacial score (nSPS) is 12.1. The van der Waals surface area contributed by atoms with Gasteiger partial charge in [-0.05, 0) is 30.5 Å². The third-order valence-electron chi connectivity index (χ3n) is 3.26. The van der Waals surface area contributed by atoms with Gasteiger partial charge in [0.05, 0.1) is 17.9 Å². The topological polar surface area (TPSA) is 72.5 Å². The Balaban J connectivity index is 2.52. The molecule has 0 fully saturated rings. The average molecular weight is 265 g/mol. The van der Waals surface area contributed by atoms with Crippen LogP contribution in [0.1, 0.15) is 49.9 Å². The van der Waals surface area contributed by atoms with Crippen LogP contribution in [0.5, 0.6) is 5.75 Å². The van der Waals surface area contributed by atoms with Crippen molar-refractivity contribution in [2.75, 3.05) is 12.3 Å². The number of nitrogens with two attached hydrogens (primary N) is 1. The molecule has 1 aromatic carbocycles. The zero-order valence-corrected chi connectivity index (χ0v) is 11.7. The highest BCUT2D eigenvalue weighted by atomic mass is 16.5. The zero-order chi connectivity index (χ0) is 14.3. The largest absolute Gasteiger partial charge is 0.506 e. The van der Waals surface area contributed by atoms with Crippen molar-refractivity contribution in [1.82, 2.24) is 0 Å². The van der Waals surface area contributed by atoms with E-state index >= 15 is 0 Å². The molecule has 0 saturated carbocycles. The molecule has 0 aliphatic rings. The minimum absolute atomic E-state index is 0.0223. The lowest BCUT2D eigenvalue weighted by molar-refractivity contribution is 0.0428. The fraction of sp³-hybridized carbons (Fsp3) is 0.533. The molecule has 0 spiro atoms. The van der Waals surface area contributed by atoms with E-state index in [1.54, 1.807) is 0 Å². The van der Waals surface area contributed by atoms with Crippen LogP contribution in [0.2, 0.25) is 0 Å². The lowest BCUT2D eigenvalue weighted by atomic mass is 10.0. The standard InChI is InChI=1S/C15H23NO3/c1-3-5-6-11(4-2)10-19-15(18)12-7-8-14(17)13(16)9-12/h7-9,11,17H,3-6,10,16H2,1-2H3. The van der Waals surface area contributed by atoms with Gasteiger partial charge in [-0.1, -0.05) is 33.1 Å². The third kappa shape index (κ3) is 4.81. The second-order valence-corrected chi connectivity index (χ2v) is 4.79. The molecular weight excluding hydrogens is 242 g/mol. The number of carbonyl (C=O) groups excluding carboxylic acids is 1. The Kier molecular flexibility index (Phi) is 6.19. The van der Waals surface area contributed by atoms with Crippen molar-refractivity contribution < 1.29 is 14.6 Å². The summed E-state index contributed by atoms with van der Waals surface area (Å²) in [7, 11) is 0.